The molecule has 1 rings (SSSR count). The van der Waals surface area contributed by atoms with E-state index in [1.54, 1.807) is 13.8 Å². The third kappa shape index (κ3) is 4.98. The Hall–Kier alpha value is -2.57. The van der Waals surface area contributed by atoms with Crippen molar-refractivity contribution in [1.29, 1.82) is 0 Å². The standard InChI is InChI=1S/C16H20O7/c1-5-21-15(18)14(16(19)22-6-2)11-7-8-12(23-10(3)17)13(9-11)20-4/h7-9,14H,5-6H2,1-4H3. The van der Waals surface area contributed by atoms with Crippen molar-refractivity contribution in [3.63, 3.8) is 0 Å². The Kier molecular flexibility index (Phi) is 7.05. The Labute approximate surface area is 134 Å². The van der Waals surface area contributed by atoms with E-state index in [1.807, 2.05) is 0 Å². The van der Waals surface area contributed by atoms with E-state index in [1.165, 1.54) is 32.2 Å². The molecule has 7 nitrogen and oxygen atoms in total. The molecule has 0 fully saturated rings. The Bertz CT molecular complexity index is 562. The fourth-order valence-corrected chi connectivity index (χ4v) is 1.92. The van der Waals surface area contributed by atoms with Gasteiger partial charge in [0.05, 0.1) is 20.3 Å². The number of carbonyl (C=O) groups excluding carboxylic acids is 3. The van der Waals surface area contributed by atoms with Crippen LogP contribution in [0.1, 0.15) is 32.3 Å². The van der Waals surface area contributed by atoms with Crippen LogP contribution < -0.4 is 9.47 Å². The van der Waals surface area contributed by atoms with Crippen molar-refractivity contribution in [3.05, 3.63) is 23.8 Å². The normalized spacial score (nSPS) is 10.1. The van der Waals surface area contributed by atoms with Crippen LogP contribution in [0.4, 0.5) is 0 Å². The zero-order valence-corrected chi connectivity index (χ0v) is 13.6. The molecule has 0 aliphatic heterocycles. The number of carbonyl (C=O) groups is 3. The average Bonchev–Trinajstić information content (AvgIpc) is 2.48. The molecule has 0 N–H and O–H groups in total. The molecular weight excluding hydrogens is 304 g/mol. The van der Waals surface area contributed by atoms with Gasteiger partial charge in [0.1, 0.15) is 0 Å². The van der Waals surface area contributed by atoms with Gasteiger partial charge in [0.2, 0.25) is 0 Å². The van der Waals surface area contributed by atoms with Gasteiger partial charge in [-0.25, -0.2) is 0 Å². The van der Waals surface area contributed by atoms with Gasteiger partial charge in [0, 0.05) is 6.92 Å². The van der Waals surface area contributed by atoms with E-state index in [2.05, 4.69) is 0 Å². The van der Waals surface area contributed by atoms with Gasteiger partial charge < -0.3 is 18.9 Å². The predicted molar refractivity (Wildman–Crippen MR) is 80.3 cm³/mol. The first-order chi connectivity index (χ1) is 10.9. The first-order valence-electron chi connectivity index (χ1n) is 7.14. The van der Waals surface area contributed by atoms with Crippen LogP contribution >= 0.6 is 0 Å². The molecule has 7 heteroatoms. The summed E-state index contributed by atoms with van der Waals surface area (Å²) in [6.07, 6.45) is 0. The maximum atomic E-state index is 12.1. The van der Waals surface area contributed by atoms with Gasteiger partial charge in [0.25, 0.3) is 0 Å². The van der Waals surface area contributed by atoms with E-state index in [0.717, 1.165) is 0 Å². The molecule has 126 valence electrons. The minimum absolute atomic E-state index is 0.136. The van der Waals surface area contributed by atoms with Crippen molar-refractivity contribution in [1.82, 2.24) is 0 Å². The summed E-state index contributed by atoms with van der Waals surface area (Å²) in [5, 5.41) is 0. The fraction of sp³-hybridized carbons (Fsp3) is 0.438. The summed E-state index contributed by atoms with van der Waals surface area (Å²) >= 11 is 0. The summed E-state index contributed by atoms with van der Waals surface area (Å²) in [4.78, 5) is 35.2. The van der Waals surface area contributed by atoms with Gasteiger partial charge in [0.15, 0.2) is 17.4 Å². The van der Waals surface area contributed by atoms with Crippen molar-refractivity contribution in [3.8, 4) is 11.5 Å². The SMILES string of the molecule is CCOC(=O)C(C(=O)OCC)c1ccc(OC(C)=O)c(OC)c1. The Morgan fingerprint density at radius 1 is 1.00 bits per heavy atom. The summed E-state index contributed by atoms with van der Waals surface area (Å²) in [5.74, 6) is -2.76. The second-order valence-corrected chi connectivity index (χ2v) is 4.44. The Morgan fingerprint density at radius 2 is 1.57 bits per heavy atom. The highest BCUT2D eigenvalue weighted by atomic mass is 16.6. The molecule has 23 heavy (non-hydrogen) atoms. The van der Waals surface area contributed by atoms with E-state index >= 15 is 0 Å². The number of esters is 3. The van der Waals surface area contributed by atoms with Crippen LogP contribution in [-0.2, 0) is 23.9 Å². The monoisotopic (exact) mass is 324 g/mol. The molecule has 0 aliphatic carbocycles. The van der Waals surface area contributed by atoms with Crippen molar-refractivity contribution < 1.29 is 33.3 Å². The number of methoxy groups -OCH3 is 1. The van der Waals surface area contributed by atoms with Gasteiger partial charge >= 0.3 is 17.9 Å². The smallest absolute Gasteiger partial charge is 0.324 e. The van der Waals surface area contributed by atoms with Crippen LogP contribution in [-0.4, -0.2) is 38.2 Å². The molecule has 0 aliphatic rings. The van der Waals surface area contributed by atoms with Crippen molar-refractivity contribution in [2.75, 3.05) is 20.3 Å². The maximum absolute atomic E-state index is 12.1. The van der Waals surface area contributed by atoms with Crippen LogP contribution in [0.3, 0.4) is 0 Å². The van der Waals surface area contributed by atoms with Crippen LogP contribution in [0.25, 0.3) is 0 Å². The minimum atomic E-state index is -1.23. The largest absolute Gasteiger partial charge is 0.493 e. The topological polar surface area (TPSA) is 88.1 Å². The van der Waals surface area contributed by atoms with Gasteiger partial charge in [-0.1, -0.05) is 6.07 Å². The molecule has 0 amide bonds. The van der Waals surface area contributed by atoms with Crippen molar-refractivity contribution >= 4 is 17.9 Å². The molecule has 0 saturated heterocycles. The lowest BCUT2D eigenvalue weighted by molar-refractivity contribution is -0.157. The van der Waals surface area contributed by atoms with Crippen molar-refractivity contribution in [2.24, 2.45) is 0 Å². The second-order valence-electron chi connectivity index (χ2n) is 4.44. The summed E-state index contributed by atoms with van der Waals surface area (Å²) in [7, 11) is 1.38. The highest BCUT2D eigenvalue weighted by Gasteiger charge is 2.32. The van der Waals surface area contributed by atoms with Gasteiger partial charge in [-0.2, -0.15) is 0 Å². The molecule has 0 saturated carbocycles. The van der Waals surface area contributed by atoms with E-state index in [-0.39, 0.29) is 24.7 Å². The van der Waals surface area contributed by atoms with Crippen molar-refractivity contribution in [2.45, 2.75) is 26.7 Å². The van der Waals surface area contributed by atoms with E-state index in [9.17, 15) is 14.4 Å². The zero-order chi connectivity index (χ0) is 17.4. The highest BCUT2D eigenvalue weighted by molar-refractivity contribution is 6.01. The minimum Gasteiger partial charge on any atom is -0.493 e. The lowest BCUT2D eigenvalue weighted by atomic mass is 9.98. The molecule has 0 radical (unpaired) electrons. The highest BCUT2D eigenvalue weighted by Crippen LogP contribution is 2.32. The lowest BCUT2D eigenvalue weighted by Crippen LogP contribution is -2.26. The molecule has 0 aromatic heterocycles. The molecule has 1 aromatic carbocycles. The first kappa shape index (κ1) is 18.5. The molecule has 0 unspecified atom stereocenters. The van der Waals surface area contributed by atoms with Gasteiger partial charge in [-0.05, 0) is 31.5 Å². The molecular formula is C16H20O7. The molecule has 0 atom stereocenters. The Balaban J connectivity index is 3.22. The molecule has 0 spiro atoms. The van der Waals surface area contributed by atoms with Crippen LogP contribution in [0.2, 0.25) is 0 Å². The lowest BCUT2D eigenvalue weighted by Gasteiger charge is -2.16. The summed E-state index contributed by atoms with van der Waals surface area (Å²) < 4.78 is 20.0. The average molecular weight is 324 g/mol. The quantitative estimate of drug-likeness (QED) is 0.429. The number of hydrogen-bond donors (Lipinski definition) is 0. The number of rotatable bonds is 7. The maximum Gasteiger partial charge on any atom is 0.324 e. The van der Waals surface area contributed by atoms with E-state index < -0.39 is 23.8 Å². The summed E-state index contributed by atoms with van der Waals surface area (Å²) in [6, 6.07) is 4.37. The fourth-order valence-electron chi connectivity index (χ4n) is 1.92. The van der Waals surface area contributed by atoms with E-state index in [0.29, 0.717) is 5.56 Å². The van der Waals surface area contributed by atoms with Gasteiger partial charge in [-0.15, -0.1) is 0 Å². The summed E-state index contributed by atoms with van der Waals surface area (Å²) in [6.45, 7) is 4.82. The number of hydrogen-bond acceptors (Lipinski definition) is 7. The van der Waals surface area contributed by atoms with Crippen LogP contribution in [0.15, 0.2) is 18.2 Å². The predicted octanol–water partition coefficient (Wildman–Crippen LogP) is 1.83. The van der Waals surface area contributed by atoms with E-state index in [4.69, 9.17) is 18.9 Å². The molecule has 0 heterocycles. The number of benzene rings is 1. The zero-order valence-electron chi connectivity index (χ0n) is 13.6. The Morgan fingerprint density at radius 3 is 2.00 bits per heavy atom. The molecule has 0 bridgehead atoms. The first-order valence-corrected chi connectivity index (χ1v) is 7.14. The van der Waals surface area contributed by atoms with Gasteiger partial charge in [-0.3, -0.25) is 14.4 Å². The summed E-state index contributed by atoms with van der Waals surface area (Å²) in [5.41, 5.74) is 0.328. The third-order valence-electron chi connectivity index (χ3n) is 2.82. The third-order valence-corrected chi connectivity index (χ3v) is 2.82. The number of ether oxygens (including phenoxy) is 4. The van der Waals surface area contributed by atoms with Crippen LogP contribution in [0.5, 0.6) is 11.5 Å². The second kappa shape index (κ2) is 8.77. The molecule has 1 aromatic rings. The van der Waals surface area contributed by atoms with Crippen LogP contribution in [0, 0.1) is 0 Å².